The summed E-state index contributed by atoms with van der Waals surface area (Å²) >= 11 is 0. The minimum atomic E-state index is -0.401. The molecule has 0 saturated heterocycles. The smallest absolute Gasteiger partial charge is 0.251 e. The summed E-state index contributed by atoms with van der Waals surface area (Å²) in [5.74, 6) is -0.0408. The first-order chi connectivity index (χ1) is 9.09. The first kappa shape index (κ1) is 16.7. The van der Waals surface area contributed by atoms with Gasteiger partial charge in [-0.05, 0) is 64.3 Å². The normalized spacial score (nSPS) is 12.3. The van der Waals surface area contributed by atoms with Gasteiger partial charge in [0.15, 0.2) is 0 Å². The number of rotatable bonds is 4. The fourth-order valence-electron chi connectivity index (χ4n) is 1.91. The van der Waals surface area contributed by atoms with Crippen LogP contribution in [0.2, 0.25) is 0 Å². The van der Waals surface area contributed by atoms with Crippen LogP contribution in [0.15, 0.2) is 18.2 Å². The van der Waals surface area contributed by atoms with Gasteiger partial charge in [-0.1, -0.05) is 13.0 Å². The highest BCUT2D eigenvalue weighted by molar-refractivity contribution is 5.95. The number of hydrogen-bond donors (Lipinski definition) is 1. The van der Waals surface area contributed by atoms with Gasteiger partial charge in [-0.2, -0.15) is 0 Å². The van der Waals surface area contributed by atoms with Crippen LogP contribution in [0.3, 0.4) is 0 Å². The van der Waals surface area contributed by atoms with Crippen LogP contribution in [0.25, 0.3) is 0 Å². The highest BCUT2D eigenvalue weighted by Gasteiger charge is 2.23. The lowest BCUT2D eigenvalue weighted by Gasteiger charge is -2.26. The number of ether oxygens (including phenoxy) is 1. The maximum Gasteiger partial charge on any atom is 0.251 e. The van der Waals surface area contributed by atoms with Crippen molar-refractivity contribution in [2.75, 3.05) is 7.11 Å². The van der Waals surface area contributed by atoms with Gasteiger partial charge in [0.2, 0.25) is 0 Å². The molecule has 0 saturated carbocycles. The average Bonchev–Trinajstić information content (AvgIpc) is 2.36. The molecule has 0 fully saturated rings. The van der Waals surface area contributed by atoms with Gasteiger partial charge >= 0.3 is 0 Å². The number of benzene rings is 1. The molecule has 1 amide bonds. The Labute approximate surface area is 122 Å². The van der Waals surface area contributed by atoms with Gasteiger partial charge in [0, 0.05) is 18.2 Å². The summed E-state index contributed by atoms with van der Waals surface area (Å²) in [5.41, 5.74) is 2.22. The second-order valence-corrected chi connectivity index (χ2v) is 6.69. The first-order valence-corrected chi connectivity index (χ1v) is 7.11. The van der Waals surface area contributed by atoms with Crippen molar-refractivity contribution < 1.29 is 9.53 Å². The fourth-order valence-corrected chi connectivity index (χ4v) is 1.91. The van der Waals surface area contributed by atoms with Gasteiger partial charge in [-0.3, -0.25) is 4.79 Å². The lowest BCUT2D eigenvalue weighted by atomic mass is 9.92. The zero-order valence-electron chi connectivity index (χ0n) is 13.8. The molecule has 0 radical (unpaired) electrons. The van der Waals surface area contributed by atoms with E-state index in [0.717, 1.165) is 17.5 Å². The quantitative estimate of drug-likeness (QED) is 0.912. The number of aryl methyl sites for hydroxylation is 1. The number of methoxy groups -OCH3 is 1. The van der Waals surface area contributed by atoms with Crippen molar-refractivity contribution in [2.45, 2.75) is 59.1 Å². The second-order valence-electron chi connectivity index (χ2n) is 6.69. The van der Waals surface area contributed by atoms with E-state index in [4.69, 9.17) is 4.74 Å². The molecule has 112 valence electrons. The minimum absolute atomic E-state index is 0.0408. The Kier molecular flexibility index (Phi) is 4.98. The minimum Gasteiger partial charge on any atom is -0.374 e. The summed E-state index contributed by atoms with van der Waals surface area (Å²) in [7, 11) is 1.69. The molecule has 0 aliphatic carbocycles. The van der Waals surface area contributed by atoms with Crippen molar-refractivity contribution in [3.05, 3.63) is 34.9 Å². The van der Waals surface area contributed by atoms with Gasteiger partial charge in [0.1, 0.15) is 0 Å². The van der Waals surface area contributed by atoms with E-state index in [1.54, 1.807) is 7.11 Å². The Hall–Kier alpha value is -1.35. The molecular formula is C17H27NO2. The first-order valence-electron chi connectivity index (χ1n) is 7.11. The summed E-state index contributed by atoms with van der Waals surface area (Å²) in [6, 6.07) is 5.98. The maximum absolute atomic E-state index is 12.3. The molecule has 0 spiro atoms. The molecule has 1 rings (SSSR count). The van der Waals surface area contributed by atoms with E-state index in [1.807, 2.05) is 46.8 Å². The molecule has 20 heavy (non-hydrogen) atoms. The predicted molar refractivity (Wildman–Crippen MR) is 83.1 cm³/mol. The lowest BCUT2D eigenvalue weighted by molar-refractivity contribution is 0.0191. The molecule has 1 N–H and O–H groups in total. The monoisotopic (exact) mass is 277 g/mol. The standard InChI is InChI=1S/C17H27NO2/c1-8-12-9-13(15(19)18-16(2,3)4)11-14(10-12)17(5,6)20-7/h9-11H,8H2,1-7H3,(H,18,19). The van der Waals surface area contributed by atoms with Gasteiger partial charge in [0.05, 0.1) is 5.60 Å². The summed E-state index contributed by atoms with van der Waals surface area (Å²) in [5, 5.41) is 3.00. The van der Waals surface area contributed by atoms with Crippen LogP contribution in [0, 0.1) is 0 Å². The van der Waals surface area contributed by atoms with E-state index in [-0.39, 0.29) is 11.4 Å². The third-order valence-electron chi connectivity index (χ3n) is 3.36. The Balaban J connectivity index is 3.21. The average molecular weight is 277 g/mol. The summed E-state index contributed by atoms with van der Waals surface area (Å²) in [6.45, 7) is 12.0. The number of amides is 1. The number of nitrogens with one attached hydrogen (secondary N) is 1. The van der Waals surface area contributed by atoms with E-state index in [2.05, 4.69) is 18.3 Å². The molecule has 0 unspecified atom stereocenters. The Morgan fingerprint density at radius 3 is 2.20 bits per heavy atom. The van der Waals surface area contributed by atoms with Gasteiger partial charge in [0.25, 0.3) is 5.91 Å². The molecule has 0 aliphatic heterocycles. The Morgan fingerprint density at radius 1 is 1.15 bits per heavy atom. The number of carbonyl (C=O) groups excluding carboxylic acids is 1. The van der Waals surface area contributed by atoms with E-state index in [9.17, 15) is 4.79 Å². The summed E-state index contributed by atoms with van der Waals surface area (Å²) in [6.07, 6.45) is 0.892. The molecular weight excluding hydrogens is 250 g/mol. The summed E-state index contributed by atoms with van der Waals surface area (Å²) < 4.78 is 5.53. The fraction of sp³-hybridized carbons (Fsp3) is 0.588. The van der Waals surface area contributed by atoms with Crippen LogP contribution < -0.4 is 5.32 Å². The molecule has 0 aromatic heterocycles. The molecule has 0 atom stereocenters. The molecule has 3 nitrogen and oxygen atoms in total. The van der Waals surface area contributed by atoms with Crippen LogP contribution in [0.1, 0.15) is 63.0 Å². The molecule has 1 aromatic carbocycles. The van der Waals surface area contributed by atoms with E-state index in [0.29, 0.717) is 5.56 Å². The number of hydrogen-bond acceptors (Lipinski definition) is 2. The van der Waals surface area contributed by atoms with Gasteiger partial charge in [-0.15, -0.1) is 0 Å². The van der Waals surface area contributed by atoms with Crippen molar-refractivity contribution >= 4 is 5.91 Å². The molecule has 0 bridgehead atoms. The van der Waals surface area contributed by atoms with Crippen LogP contribution in [-0.4, -0.2) is 18.6 Å². The highest BCUT2D eigenvalue weighted by Crippen LogP contribution is 2.26. The second kappa shape index (κ2) is 5.96. The Morgan fingerprint density at radius 2 is 1.75 bits per heavy atom. The van der Waals surface area contributed by atoms with Crippen molar-refractivity contribution in [1.82, 2.24) is 5.32 Å². The zero-order chi connectivity index (χ0) is 15.6. The van der Waals surface area contributed by atoms with Crippen LogP contribution in [0.4, 0.5) is 0 Å². The van der Waals surface area contributed by atoms with E-state index < -0.39 is 5.60 Å². The zero-order valence-corrected chi connectivity index (χ0v) is 13.8. The SMILES string of the molecule is CCc1cc(C(=O)NC(C)(C)C)cc(C(C)(C)OC)c1. The number of carbonyl (C=O) groups is 1. The van der Waals surface area contributed by atoms with Crippen molar-refractivity contribution in [3.63, 3.8) is 0 Å². The third-order valence-corrected chi connectivity index (χ3v) is 3.36. The van der Waals surface area contributed by atoms with Gasteiger partial charge < -0.3 is 10.1 Å². The topological polar surface area (TPSA) is 38.3 Å². The lowest BCUT2D eigenvalue weighted by Crippen LogP contribution is -2.40. The van der Waals surface area contributed by atoms with Crippen molar-refractivity contribution in [1.29, 1.82) is 0 Å². The molecule has 1 aromatic rings. The van der Waals surface area contributed by atoms with Crippen LogP contribution in [-0.2, 0) is 16.8 Å². The van der Waals surface area contributed by atoms with Crippen LogP contribution >= 0.6 is 0 Å². The molecule has 3 heteroatoms. The largest absolute Gasteiger partial charge is 0.374 e. The van der Waals surface area contributed by atoms with Gasteiger partial charge in [-0.25, -0.2) is 0 Å². The molecule has 0 heterocycles. The van der Waals surface area contributed by atoms with Crippen molar-refractivity contribution in [3.8, 4) is 0 Å². The third kappa shape index (κ3) is 4.34. The Bertz CT molecular complexity index is 484. The predicted octanol–water partition coefficient (Wildman–Crippen LogP) is 3.66. The highest BCUT2D eigenvalue weighted by atomic mass is 16.5. The van der Waals surface area contributed by atoms with Crippen molar-refractivity contribution in [2.24, 2.45) is 0 Å². The molecule has 0 aliphatic rings. The van der Waals surface area contributed by atoms with E-state index in [1.165, 1.54) is 0 Å². The van der Waals surface area contributed by atoms with Crippen LogP contribution in [0.5, 0.6) is 0 Å². The summed E-state index contributed by atoms with van der Waals surface area (Å²) in [4.78, 5) is 12.3. The van der Waals surface area contributed by atoms with E-state index >= 15 is 0 Å². The maximum atomic E-state index is 12.3.